The first-order valence-corrected chi connectivity index (χ1v) is 6.66. The molecule has 106 valence electrons. The van der Waals surface area contributed by atoms with Gasteiger partial charge in [0.05, 0.1) is 5.56 Å². The zero-order valence-corrected chi connectivity index (χ0v) is 12.3. The van der Waals surface area contributed by atoms with Crippen LogP contribution in [0.2, 0.25) is 0 Å². The van der Waals surface area contributed by atoms with E-state index in [2.05, 4.69) is 22.1 Å². The highest BCUT2D eigenvalue weighted by molar-refractivity contribution is 5.99. The van der Waals surface area contributed by atoms with Crippen molar-refractivity contribution in [3.63, 3.8) is 0 Å². The van der Waals surface area contributed by atoms with Crippen LogP contribution in [0.4, 0.5) is 5.69 Å². The fraction of sp³-hybridized carbons (Fsp3) is 0.571. The highest BCUT2D eigenvalue weighted by atomic mass is 16.2. The number of hydrogen-bond donors (Lipinski definition) is 1. The van der Waals surface area contributed by atoms with Crippen molar-refractivity contribution in [2.45, 2.75) is 13.3 Å². The maximum Gasteiger partial charge on any atom is 0.257 e. The molecule has 0 saturated heterocycles. The van der Waals surface area contributed by atoms with Gasteiger partial charge >= 0.3 is 0 Å². The molecule has 0 radical (unpaired) electrons. The van der Waals surface area contributed by atoms with Gasteiger partial charge in [-0.3, -0.25) is 9.78 Å². The minimum Gasteiger partial charge on any atom is -0.387 e. The molecule has 1 rings (SSSR count). The van der Waals surface area contributed by atoms with Gasteiger partial charge in [0.2, 0.25) is 0 Å². The number of nitrogens with zero attached hydrogens (tertiary/aromatic N) is 3. The number of hydrogen-bond acceptors (Lipinski definition) is 4. The van der Waals surface area contributed by atoms with Crippen LogP contribution in [-0.4, -0.2) is 61.5 Å². The first-order chi connectivity index (χ1) is 9.10. The van der Waals surface area contributed by atoms with Gasteiger partial charge in [-0.05, 0) is 26.6 Å². The van der Waals surface area contributed by atoms with Crippen molar-refractivity contribution in [3.8, 4) is 0 Å². The summed E-state index contributed by atoms with van der Waals surface area (Å²) in [5.41, 5.74) is 1.46. The number of carbonyl (C=O) groups is 1. The fourth-order valence-corrected chi connectivity index (χ4v) is 1.86. The van der Waals surface area contributed by atoms with Crippen molar-refractivity contribution in [2.75, 3.05) is 46.1 Å². The molecule has 1 aromatic rings. The molecular formula is C14H24N4O. The molecular weight excluding hydrogens is 240 g/mol. The molecule has 0 bridgehead atoms. The Bertz CT molecular complexity index is 406. The van der Waals surface area contributed by atoms with Crippen molar-refractivity contribution < 1.29 is 4.79 Å². The van der Waals surface area contributed by atoms with Crippen molar-refractivity contribution in [3.05, 3.63) is 24.0 Å². The van der Waals surface area contributed by atoms with Gasteiger partial charge in [-0.2, -0.15) is 0 Å². The zero-order valence-electron chi connectivity index (χ0n) is 12.3. The molecule has 1 aromatic heterocycles. The van der Waals surface area contributed by atoms with Crippen LogP contribution in [0.25, 0.3) is 0 Å². The quantitative estimate of drug-likeness (QED) is 0.811. The number of aromatic nitrogens is 1. The van der Waals surface area contributed by atoms with Gasteiger partial charge in [0, 0.05) is 44.8 Å². The van der Waals surface area contributed by atoms with Crippen LogP contribution in [0.3, 0.4) is 0 Å². The molecule has 1 N–H and O–H groups in total. The SMILES string of the molecule is CCCN(CCN(C)C)C(=O)c1cnccc1NC. The summed E-state index contributed by atoms with van der Waals surface area (Å²) >= 11 is 0. The Morgan fingerprint density at radius 3 is 2.63 bits per heavy atom. The van der Waals surface area contributed by atoms with Gasteiger partial charge in [-0.15, -0.1) is 0 Å². The second-order valence-electron chi connectivity index (χ2n) is 4.77. The molecule has 0 aliphatic carbocycles. The monoisotopic (exact) mass is 264 g/mol. The van der Waals surface area contributed by atoms with E-state index in [9.17, 15) is 4.79 Å². The van der Waals surface area contributed by atoms with Crippen LogP contribution in [-0.2, 0) is 0 Å². The lowest BCUT2D eigenvalue weighted by atomic mass is 10.2. The lowest BCUT2D eigenvalue weighted by Crippen LogP contribution is -2.37. The average Bonchev–Trinajstić information content (AvgIpc) is 2.42. The number of amides is 1. The van der Waals surface area contributed by atoms with Crippen LogP contribution < -0.4 is 5.32 Å². The first-order valence-electron chi connectivity index (χ1n) is 6.66. The van der Waals surface area contributed by atoms with E-state index in [-0.39, 0.29) is 5.91 Å². The van der Waals surface area contributed by atoms with Gasteiger partial charge in [0.25, 0.3) is 5.91 Å². The first kappa shape index (κ1) is 15.4. The average molecular weight is 264 g/mol. The summed E-state index contributed by atoms with van der Waals surface area (Å²) in [4.78, 5) is 20.6. The second-order valence-corrected chi connectivity index (χ2v) is 4.77. The lowest BCUT2D eigenvalue weighted by Gasteiger charge is -2.24. The van der Waals surface area contributed by atoms with Crippen LogP contribution in [0.5, 0.6) is 0 Å². The van der Waals surface area contributed by atoms with E-state index in [0.29, 0.717) is 5.56 Å². The smallest absolute Gasteiger partial charge is 0.257 e. The van der Waals surface area contributed by atoms with Crippen LogP contribution in [0.15, 0.2) is 18.5 Å². The number of nitrogens with one attached hydrogen (secondary N) is 1. The van der Waals surface area contributed by atoms with Gasteiger partial charge in [0.15, 0.2) is 0 Å². The Kier molecular flexibility index (Phi) is 6.29. The summed E-state index contributed by atoms with van der Waals surface area (Å²) in [6.07, 6.45) is 4.27. The van der Waals surface area contributed by atoms with Crippen molar-refractivity contribution in [1.29, 1.82) is 0 Å². The third-order valence-electron chi connectivity index (χ3n) is 2.92. The molecule has 0 aliphatic rings. The van der Waals surface area contributed by atoms with Gasteiger partial charge in [0.1, 0.15) is 0 Å². The number of anilines is 1. The Morgan fingerprint density at radius 1 is 1.32 bits per heavy atom. The molecule has 0 aliphatic heterocycles. The largest absolute Gasteiger partial charge is 0.387 e. The summed E-state index contributed by atoms with van der Waals surface area (Å²) in [5, 5.41) is 3.04. The maximum atomic E-state index is 12.6. The van der Waals surface area contributed by atoms with Gasteiger partial charge < -0.3 is 15.1 Å². The van der Waals surface area contributed by atoms with Crippen molar-refractivity contribution in [1.82, 2.24) is 14.8 Å². The standard InChI is InChI=1S/C14H24N4O/c1-5-8-18(10-9-17(3)4)14(19)12-11-16-7-6-13(12)15-2/h6-7,11H,5,8-10H2,1-4H3,(H,15,16). The predicted molar refractivity (Wildman–Crippen MR) is 78.5 cm³/mol. The van der Waals surface area contributed by atoms with Crippen molar-refractivity contribution in [2.24, 2.45) is 0 Å². The normalized spacial score (nSPS) is 10.6. The highest BCUT2D eigenvalue weighted by Gasteiger charge is 2.18. The minimum absolute atomic E-state index is 0.0427. The number of pyridine rings is 1. The van der Waals surface area contributed by atoms with Gasteiger partial charge in [-0.1, -0.05) is 6.92 Å². The van der Waals surface area contributed by atoms with Crippen LogP contribution in [0.1, 0.15) is 23.7 Å². The third-order valence-corrected chi connectivity index (χ3v) is 2.92. The third kappa shape index (κ3) is 4.52. The summed E-state index contributed by atoms with van der Waals surface area (Å²) in [6.45, 7) is 4.45. The molecule has 1 heterocycles. The summed E-state index contributed by atoms with van der Waals surface area (Å²) < 4.78 is 0. The molecule has 0 atom stereocenters. The molecule has 0 fully saturated rings. The topological polar surface area (TPSA) is 48.5 Å². The van der Waals surface area contributed by atoms with E-state index >= 15 is 0 Å². The highest BCUT2D eigenvalue weighted by Crippen LogP contribution is 2.15. The molecule has 1 amide bonds. The number of likely N-dealkylation sites (N-methyl/N-ethyl adjacent to an activating group) is 1. The fourth-order valence-electron chi connectivity index (χ4n) is 1.86. The Labute approximate surface area is 115 Å². The molecule has 0 aromatic carbocycles. The van der Waals surface area contributed by atoms with Crippen LogP contribution >= 0.6 is 0 Å². The van der Waals surface area contributed by atoms with E-state index in [0.717, 1.165) is 31.7 Å². The molecule has 5 nitrogen and oxygen atoms in total. The summed E-state index contributed by atoms with van der Waals surface area (Å²) in [6, 6.07) is 1.82. The van der Waals surface area contributed by atoms with Crippen LogP contribution in [0, 0.1) is 0 Å². The Balaban J connectivity index is 2.85. The number of rotatable bonds is 7. The van der Waals surface area contributed by atoms with Crippen molar-refractivity contribution >= 4 is 11.6 Å². The number of carbonyl (C=O) groups excluding carboxylic acids is 1. The zero-order chi connectivity index (χ0) is 14.3. The Morgan fingerprint density at radius 2 is 2.05 bits per heavy atom. The second kappa shape index (κ2) is 7.74. The summed E-state index contributed by atoms with van der Waals surface area (Å²) in [5.74, 6) is 0.0427. The summed E-state index contributed by atoms with van der Waals surface area (Å²) in [7, 11) is 5.84. The molecule has 0 spiro atoms. The van der Waals surface area contributed by atoms with Gasteiger partial charge in [-0.25, -0.2) is 0 Å². The molecule has 0 saturated carbocycles. The minimum atomic E-state index is 0.0427. The van der Waals surface area contributed by atoms with E-state index in [1.165, 1.54) is 0 Å². The molecule has 0 unspecified atom stereocenters. The van der Waals surface area contributed by atoms with E-state index in [4.69, 9.17) is 0 Å². The predicted octanol–water partition coefficient (Wildman–Crippen LogP) is 1.54. The lowest BCUT2D eigenvalue weighted by molar-refractivity contribution is 0.0745. The van der Waals surface area contributed by atoms with E-state index < -0.39 is 0 Å². The van der Waals surface area contributed by atoms with E-state index in [1.807, 2.05) is 32.1 Å². The molecule has 5 heteroatoms. The Hall–Kier alpha value is -1.62. The van der Waals surface area contributed by atoms with E-state index in [1.54, 1.807) is 12.4 Å². The maximum absolute atomic E-state index is 12.6. The molecule has 19 heavy (non-hydrogen) atoms.